The Kier molecular flexibility index (Phi) is 5.70. The van der Waals surface area contributed by atoms with Crippen LogP contribution in [-0.4, -0.2) is 13.2 Å². The largest absolute Gasteiger partial charge is 0.492 e. The van der Waals surface area contributed by atoms with E-state index in [0.29, 0.717) is 11.6 Å². The Hall–Kier alpha value is -1.03. The zero-order valence-electron chi connectivity index (χ0n) is 10.9. The molecular weight excluding hydrogens is 278 g/mol. The van der Waals surface area contributed by atoms with Gasteiger partial charge in [-0.25, -0.2) is 0 Å². The van der Waals surface area contributed by atoms with Gasteiger partial charge in [-0.3, -0.25) is 0 Å². The Bertz CT molecular complexity index is 487. The number of halogens is 1. The van der Waals surface area contributed by atoms with E-state index in [1.54, 1.807) is 11.3 Å². The molecule has 0 radical (unpaired) electrons. The summed E-state index contributed by atoms with van der Waals surface area (Å²) in [6.45, 7) is 3.76. The van der Waals surface area contributed by atoms with E-state index in [2.05, 4.69) is 29.1 Å². The number of rotatable bonds is 7. The highest BCUT2D eigenvalue weighted by atomic mass is 35.5. The van der Waals surface area contributed by atoms with Crippen LogP contribution < -0.4 is 10.1 Å². The average molecular weight is 296 g/mol. The Balaban J connectivity index is 1.96. The van der Waals surface area contributed by atoms with Crippen molar-refractivity contribution < 1.29 is 4.74 Å². The maximum absolute atomic E-state index is 5.95. The first-order valence-corrected chi connectivity index (χ1v) is 7.75. The summed E-state index contributed by atoms with van der Waals surface area (Å²) in [5.74, 6) is 0.811. The fourth-order valence-corrected chi connectivity index (χ4v) is 2.70. The molecule has 19 heavy (non-hydrogen) atoms. The molecule has 0 aliphatic rings. The molecule has 0 fully saturated rings. The molecule has 1 aromatic carbocycles. The van der Waals surface area contributed by atoms with E-state index in [0.717, 1.165) is 18.7 Å². The van der Waals surface area contributed by atoms with Gasteiger partial charge in [-0.1, -0.05) is 24.6 Å². The first-order chi connectivity index (χ1) is 9.29. The van der Waals surface area contributed by atoms with Gasteiger partial charge in [0.1, 0.15) is 12.4 Å². The van der Waals surface area contributed by atoms with Gasteiger partial charge < -0.3 is 10.1 Å². The second-order valence-electron chi connectivity index (χ2n) is 4.33. The molecule has 1 unspecified atom stereocenters. The maximum Gasteiger partial charge on any atom is 0.120 e. The van der Waals surface area contributed by atoms with Gasteiger partial charge in [0, 0.05) is 5.02 Å². The molecule has 1 heterocycles. The van der Waals surface area contributed by atoms with Crippen molar-refractivity contribution in [2.75, 3.05) is 13.2 Å². The van der Waals surface area contributed by atoms with Gasteiger partial charge in [0.15, 0.2) is 0 Å². The molecule has 0 aliphatic carbocycles. The average Bonchev–Trinajstić information content (AvgIpc) is 2.93. The third kappa shape index (κ3) is 4.53. The van der Waals surface area contributed by atoms with E-state index in [1.807, 2.05) is 24.3 Å². The van der Waals surface area contributed by atoms with Gasteiger partial charge in [0.2, 0.25) is 0 Å². The predicted octanol–water partition coefficient (Wildman–Crippen LogP) is 4.52. The summed E-state index contributed by atoms with van der Waals surface area (Å²) in [5, 5.41) is 8.46. The molecule has 1 atom stereocenters. The topological polar surface area (TPSA) is 21.3 Å². The van der Waals surface area contributed by atoms with E-state index < -0.39 is 0 Å². The molecule has 0 spiro atoms. The molecule has 4 heteroatoms. The minimum absolute atomic E-state index is 0.227. The third-order valence-electron chi connectivity index (χ3n) is 2.80. The Morgan fingerprint density at radius 3 is 2.95 bits per heavy atom. The summed E-state index contributed by atoms with van der Waals surface area (Å²) < 4.78 is 5.83. The lowest BCUT2D eigenvalue weighted by atomic mass is 10.1. The lowest BCUT2D eigenvalue weighted by Gasteiger charge is -2.18. The molecule has 1 N–H and O–H groups in total. The van der Waals surface area contributed by atoms with Gasteiger partial charge in [-0.05, 0) is 53.6 Å². The fourth-order valence-electron chi connectivity index (χ4n) is 1.80. The summed E-state index contributed by atoms with van der Waals surface area (Å²) in [6, 6.07) is 9.88. The number of hydrogen-bond acceptors (Lipinski definition) is 3. The monoisotopic (exact) mass is 295 g/mol. The Morgan fingerprint density at radius 2 is 2.26 bits per heavy atom. The molecule has 0 saturated heterocycles. The zero-order chi connectivity index (χ0) is 13.5. The quantitative estimate of drug-likeness (QED) is 0.811. The lowest BCUT2D eigenvalue weighted by Crippen LogP contribution is -2.27. The van der Waals surface area contributed by atoms with Gasteiger partial charge in [-0.15, -0.1) is 0 Å². The summed E-state index contributed by atoms with van der Waals surface area (Å²) >= 11 is 7.66. The minimum atomic E-state index is 0.227. The van der Waals surface area contributed by atoms with E-state index in [-0.39, 0.29) is 6.04 Å². The normalized spacial score (nSPS) is 12.3. The number of ether oxygens (including phenoxy) is 1. The molecule has 1 aromatic heterocycles. The van der Waals surface area contributed by atoms with Gasteiger partial charge in [0.25, 0.3) is 0 Å². The SMILES string of the molecule is CCCNC(COc1cccc(Cl)c1)c1ccsc1. The van der Waals surface area contributed by atoms with Crippen molar-refractivity contribution in [2.24, 2.45) is 0 Å². The van der Waals surface area contributed by atoms with E-state index in [9.17, 15) is 0 Å². The molecule has 2 nitrogen and oxygen atoms in total. The van der Waals surface area contributed by atoms with Crippen molar-refractivity contribution >= 4 is 22.9 Å². The van der Waals surface area contributed by atoms with E-state index in [1.165, 1.54) is 5.56 Å². The van der Waals surface area contributed by atoms with Crippen LogP contribution >= 0.6 is 22.9 Å². The third-order valence-corrected chi connectivity index (χ3v) is 3.74. The second-order valence-corrected chi connectivity index (χ2v) is 5.55. The van der Waals surface area contributed by atoms with E-state index >= 15 is 0 Å². The minimum Gasteiger partial charge on any atom is -0.492 e. The Morgan fingerprint density at radius 1 is 1.37 bits per heavy atom. The van der Waals surface area contributed by atoms with E-state index in [4.69, 9.17) is 16.3 Å². The molecule has 2 rings (SSSR count). The van der Waals surface area contributed by atoms with Crippen LogP contribution in [0.5, 0.6) is 5.75 Å². The summed E-state index contributed by atoms with van der Waals surface area (Å²) in [7, 11) is 0. The first-order valence-electron chi connectivity index (χ1n) is 6.43. The molecule has 0 saturated carbocycles. The second kappa shape index (κ2) is 7.53. The molecule has 102 valence electrons. The number of hydrogen-bond donors (Lipinski definition) is 1. The van der Waals surface area contributed by atoms with Crippen LogP contribution in [0.15, 0.2) is 41.1 Å². The van der Waals surface area contributed by atoms with Crippen molar-refractivity contribution in [2.45, 2.75) is 19.4 Å². The molecule has 0 aliphatic heterocycles. The molecule has 0 bridgehead atoms. The van der Waals surface area contributed by atoms with Crippen molar-refractivity contribution in [3.8, 4) is 5.75 Å². The van der Waals surface area contributed by atoms with Crippen molar-refractivity contribution in [1.29, 1.82) is 0 Å². The summed E-state index contributed by atoms with van der Waals surface area (Å²) in [5.41, 5.74) is 1.28. The summed E-state index contributed by atoms with van der Waals surface area (Å²) in [4.78, 5) is 0. The van der Waals surface area contributed by atoms with Crippen LogP contribution in [0.25, 0.3) is 0 Å². The highest BCUT2D eigenvalue weighted by Gasteiger charge is 2.12. The number of thiophene rings is 1. The van der Waals surface area contributed by atoms with Crippen LogP contribution in [0, 0.1) is 0 Å². The van der Waals surface area contributed by atoms with Crippen LogP contribution in [0.4, 0.5) is 0 Å². The van der Waals surface area contributed by atoms with Gasteiger partial charge in [-0.2, -0.15) is 11.3 Å². The van der Waals surface area contributed by atoms with Gasteiger partial charge >= 0.3 is 0 Å². The predicted molar refractivity (Wildman–Crippen MR) is 82.3 cm³/mol. The highest BCUT2D eigenvalue weighted by molar-refractivity contribution is 7.07. The zero-order valence-corrected chi connectivity index (χ0v) is 12.5. The smallest absolute Gasteiger partial charge is 0.120 e. The maximum atomic E-state index is 5.95. The summed E-state index contributed by atoms with van der Waals surface area (Å²) in [6.07, 6.45) is 1.11. The van der Waals surface area contributed by atoms with Gasteiger partial charge in [0.05, 0.1) is 6.04 Å². The molecule has 2 aromatic rings. The van der Waals surface area contributed by atoms with Crippen molar-refractivity contribution in [3.63, 3.8) is 0 Å². The van der Waals surface area contributed by atoms with Crippen LogP contribution in [-0.2, 0) is 0 Å². The number of benzene rings is 1. The number of nitrogens with one attached hydrogen (secondary N) is 1. The van der Waals surface area contributed by atoms with Crippen LogP contribution in [0.1, 0.15) is 24.9 Å². The molecular formula is C15H18ClNOS. The first kappa shape index (κ1) is 14.4. The highest BCUT2D eigenvalue weighted by Crippen LogP contribution is 2.21. The van der Waals surface area contributed by atoms with Crippen molar-refractivity contribution in [3.05, 3.63) is 51.7 Å². The Labute approximate surface area is 123 Å². The van der Waals surface area contributed by atoms with Crippen molar-refractivity contribution in [1.82, 2.24) is 5.32 Å². The van der Waals surface area contributed by atoms with Crippen LogP contribution in [0.2, 0.25) is 5.02 Å². The molecule has 0 amide bonds. The lowest BCUT2D eigenvalue weighted by molar-refractivity contribution is 0.267. The standard InChI is InChI=1S/C15H18ClNOS/c1-2-7-17-15(12-6-8-19-11-12)10-18-14-5-3-4-13(16)9-14/h3-6,8-9,11,15,17H,2,7,10H2,1H3. The van der Waals surface area contributed by atoms with Crippen LogP contribution in [0.3, 0.4) is 0 Å². The fraction of sp³-hybridized carbons (Fsp3) is 0.333.